The Balaban J connectivity index is 1.78. The number of aliphatic hydroxyl groups is 1. The minimum atomic E-state index is -0.104. The van der Waals surface area contributed by atoms with Gasteiger partial charge in [-0.25, -0.2) is 4.68 Å². The minimum Gasteiger partial charge on any atom is -0.393 e. The van der Waals surface area contributed by atoms with Crippen molar-refractivity contribution in [1.29, 1.82) is 0 Å². The van der Waals surface area contributed by atoms with Crippen LogP contribution in [0.25, 0.3) is 5.69 Å². The molecule has 4 heteroatoms. The van der Waals surface area contributed by atoms with Crippen LogP contribution in [0.5, 0.6) is 0 Å². The Hall–Kier alpha value is -1.65. The van der Waals surface area contributed by atoms with Gasteiger partial charge in [0, 0.05) is 23.3 Å². The molecule has 1 aliphatic carbocycles. The quantitative estimate of drug-likeness (QED) is 0.909. The Bertz CT molecular complexity index is 642. The van der Waals surface area contributed by atoms with Crippen LogP contribution in [0.4, 0.5) is 0 Å². The van der Waals surface area contributed by atoms with E-state index < -0.39 is 0 Å². The Morgan fingerprint density at radius 1 is 1.13 bits per heavy atom. The van der Waals surface area contributed by atoms with E-state index in [-0.39, 0.29) is 12.1 Å². The van der Waals surface area contributed by atoms with Crippen LogP contribution in [0, 0.1) is 13.8 Å². The average molecular weight is 313 g/mol. The second-order valence-electron chi connectivity index (χ2n) is 6.73. The van der Waals surface area contributed by atoms with Gasteiger partial charge in [-0.05, 0) is 58.6 Å². The summed E-state index contributed by atoms with van der Waals surface area (Å²) in [6.07, 6.45) is 3.82. The molecule has 1 aromatic carbocycles. The van der Waals surface area contributed by atoms with Gasteiger partial charge in [-0.15, -0.1) is 0 Å². The van der Waals surface area contributed by atoms with Crippen molar-refractivity contribution in [2.24, 2.45) is 0 Å². The average Bonchev–Trinajstić information content (AvgIpc) is 2.85. The first-order valence-electron chi connectivity index (χ1n) is 8.62. The van der Waals surface area contributed by atoms with Crippen molar-refractivity contribution in [2.45, 2.75) is 64.6 Å². The SMILES string of the molecule is Cc1nn(-c2ccccc2)c(C)c1C(C)NC1CCC(O)CC1. The molecule has 0 amide bonds. The van der Waals surface area contributed by atoms with E-state index in [4.69, 9.17) is 5.10 Å². The summed E-state index contributed by atoms with van der Waals surface area (Å²) in [6, 6.07) is 11.0. The van der Waals surface area contributed by atoms with Crippen LogP contribution in [0.15, 0.2) is 30.3 Å². The number of hydrogen-bond acceptors (Lipinski definition) is 3. The molecule has 1 saturated carbocycles. The van der Waals surface area contributed by atoms with Crippen LogP contribution in [0.2, 0.25) is 0 Å². The molecule has 1 aliphatic rings. The van der Waals surface area contributed by atoms with Gasteiger partial charge < -0.3 is 10.4 Å². The van der Waals surface area contributed by atoms with Gasteiger partial charge in [0.05, 0.1) is 17.5 Å². The van der Waals surface area contributed by atoms with Crippen LogP contribution in [0.3, 0.4) is 0 Å². The van der Waals surface area contributed by atoms with Gasteiger partial charge in [0.15, 0.2) is 0 Å². The lowest BCUT2D eigenvalue weighted by Crippen LogP contribution is -2.36. The molecule has 3 rings (SSSR count). The maximum Gasteiger partial charge on any atom is 0.0648 e. The Morgan fingerprint density at radius 3 is 2.43 bits per heavy atom. The molecule has 4 nitrogen and oxygen atoms in total. The van der Waals surface area contributed by atoms with E-state index >= 15 is 0 Å². The van der Waals surface area contributed by atoms with Gasteiger partial charge in [0.2, 0.25) is 0 Å². The summed E-state index contributed by atoms with van der Waals surface area (Å²) >= 11 is 0. The van der Waals surface area contributed by atoms with Gasteiger partial charge in [-0.2, -0.15) is 5.10 Å². The van der Waals surface area contributed by atoms with Crippen LogP contribution in [0.1, 0.15) is 55.6 Å². The normalized spacial score (nSPS) is 23.0. The van der Waals surface area contributed by atoms with Gasteiger partial charge in [-0.3, -0.25) is 0 Å². The molecule has 0 radical (unpaired) electrons. The first kappa shape index (κ1) is 16.2. The highest BCUT2D eigenvalue weighted by Crippen LogP contribution is 2.26. The number of hydrogen-bond donors (Lipinski definition) is 2. The third kappa shape index (κ3) is 3.48. The number of nitrogens with one attached hydrogen (secondary N) is 1. The van der Waals surface area contributed by atoms with Gasteiger partial charge in [0.25, 0.3) is 0 Å². The third-order valence-corrected chi connectivity index (χ3v) is 4.96. The second-order valence-corrected chi connectivity index (χ2v) is 6.73. The molecular weight excluding hydrogens is 286 g/mol. The van der Waals surface area contributed by atoms with Crippen molar-refractivity contribution in [1.82, 2.24) is 15.1 Å². The largest absolute Gasteiger partial charge is 0.393 e. The lowest BCUT2D eigenvalue weighted by Gasteiger charge is -2.29. The predicted molar refractivity (Wildman–Crippen MR) is 92.9 cm³/mol. The molecule has 0 aliphatic heterocycles. The first-order chi connectivity index (χ1) is 11.1. The molecule has 124 valence electrons. The fourth-order valence-electron chi connectivity index (χ4n) is 3.78. The molecule has 1 heterocycles. The molecule has 0 bridgehead atoms. The summed E-state index contributed by atoms with van der Waals surface area (Å²) in [5, 5.41) is 18.1. The summed E-state index contributed by atoms with van der Waals surface area (Å²) in [6.45, 7) is 6.45. The monoisotopic (exact) mass is 313 g/mol. The van der Waals surface area contributed by atoms with Crippen molar-refractivity contribution in [3.8, 4) is 5.69 Å². The predicted octanol–water partition coefficient (Wildman–Crippen LogP) is 3.44. The molecule has 0 saturated heterocycles. The molecule has 1 atom stereocenters. The zero-order valence-corrected chi connectivity index (χ0v) is 14.3. The number of aliphatic hydroxyl groups excluding tert-OH is 1. The third-order valence-electron chi connectivity index (χ3n) is 4.96. The van der Waals surface area contributed by atoms with Crippen molar-refractivity contribution in [3.63, 3.8) is 0 Å². The number of benzene rings is 1. The second kappa shape index (κ2) is 6.85. The van der Waals surface area contributed by atoms with Crippen molar-refractivity contribution in [3.05, 3.63) is 47.3 Å². The maximum absolute atomic E-state index is 9.65. The fraction of sp³-hybridized carbons (Fsp3) is 0.526. The van der Waals surface area contributed by atoms with Crippen LogP contribution < -0.4 is 5.32 Å². The minimum absolute atomic E-state index is 0.104. The highest BCUT2D eigenvalue weighted by atomic mass is 16.3. The Kier molecular flexibility index (Phi) is 4.83. The zero-order chi connectivity index (χ0) is 16.4. The van der Waals surface area contributed by atoms with E-state index in [1.165, 1.54) is 11.3 Å². The molecule has 23 heavy (non-hydrogen) atoms. The summed E-state index contributed by atoms with van der Waals surface area (Å²) < 4.78 is 2.04. The summed E-state index contributed by atoms with van der Waals surface area (Å²) in [4.78, 5) is 0. The Morgan fingerprint density at radius 2 is 1.78 bits per heavy atom. The van der Waals surface area contributed by atoms with E-state index in [9.17, 15) is 5.11 Å². The lowest BCUT2D eigenvalue weighted by atomic mass is 9.92. The summed E-state index contributed by atoms with van der Waals surface area (Å²) in [5.74, 6) is 0. The molecule has 2 N–H and O–H groups in total. The van der Waals surface area contributed by atoms with Crippen LogP contribution >= 0.6 is 0 Å². The topological polar surface area (TPSA) is 50.1 Å². The van der Waals surface area contributed by atoms with Crippen molar-refractivity contribution < 1.29 is 5.11 Å². The molecule has 1 fully saturated rings. The standard InChI is InChI=1S/C19H27N3O/c1-13(20-16-9-11-18(23)12-10-16)19-14(2)21-22(15(19)3)17-7-5-4-6-8-17/h4-8,13,16,18,20,23H,9-12H2,1-3H3. The number of nitrogens with zero attached hydrogens (tertiary/aromatic N) is 2. The molecule has 2 aromatic rings. The van der Waals surface area contributed by atoms with Gasteiger partial charge in [0.1, 0.15) is 0 Å². The number of aromatic nitrogens is 2. The van der Waals surface area contributed by atoms with E-state index in [1.54, 1.807) is 0 Å². The zero-order valence-electron chi connectivity index (χ0n) is 14.3. The van der Waals surface area contributed by atoms with Gasteiger partial charge >= 0.3 is 0 Å². The number of rotatable bonds is 4. The van der Waals surface area contributed by atoms with E-state index in [0.717, 1.165) is 37.1 Å². The fourth-order valence-corrected chi connectivity index (χ4v) is 3.78. The van der Waals surface area contributed by atoms with E-state index in [0.29, 0.717) is 6.04 Å². The van der Waals surface area contributed by atoms with Crippen molar-refractivity contribution in [2.75, 3.05) is 0 Å². The molecule has 1 unspecified atom stereocenters. The molecule has 1 aromatic heterocycles. The summed E-state index contributed by atoms with van der Waals surface area (Å²) in [5.41, 5.74) is 4.68. The van der Waals surface area contributed by atoms with E-state index in [2.05, 4.69) is 38.2 Å². The lowest BCUT2D eigenvalue weighted by molar-refractivity contribution is 0.114. The van der Waals surface area contributed by atoms with Crippen LogP contribution in [-0.2, 0) is 0 Å². The van der Waals surface area contributed by atoms with Crippen molar-refractivity contribution >= 4 is 0 Å². The van der Waals surface area contributed by atoms with E-state index in [1.807, 2.05) is 22.9 Å². The number of para-hydroxylation sites is 1. The highest BCUT2D eigenvalue weighted by Gasteiger charge is 2.24. The maximum atomic E-state index is 9.65. The number of aryl methyl sites for hydroxylation is 1. The van der Waals surface area contributed by atoms with Crippen LogP contribution in [-0.4, -0.2) is 27.0 Å². The molecule has 0 spiro atoms. The highest BCUT2D eigenvalue weighted by molar-refractivity contribution is 5.38. The smallest absolute Gasteiger partial charge is 0.0648 e. The molecular formula is C19H27N3O. The first-order valence-corrected chi connectivity index (χ1v) is 8.62. The van der Waals surface area contributed by atoms with Gasteiger partial charge in [-0.1, -0.05) is 18.2 Å². The summed E-state index contributed by atoms with van der Waals surface area (Å²) in [7, 11) is 0. The Labute approximate surface area is 138 Å².